The Kier molecular flexibility index (Phi) is 5.85. The zero-order valence-electron chi connectivity index (χ0n) is 15.2. The standard InChI is InChI=1S/C19H18BrN3O4S/c1-12-6-7-17(20)18(8-12)23-28(25,26)16-5-3-4-14(10-16)19(24)21-11-15-9-13(2)22-27-15/h3-10,23H,11H2,1-2H3,(H,21,24). The van der Waals surface area contributed by atoms with Gasteiger partial charge < -0.3 is 9.84 Å². The van der Waals surface area contributed by atoms with Gasteiger partial charge in [0.05, 0.1) is 22.8 Å². The quantitative estimate of drug-likeness (QED) is 0.578. The Balaban J connectivity index is 1.77. The number of hydrogen-bond acceptors (Lipinski definition) is 5. The highest BCUT2D eigenvalue weighted by Gasteiger charge is 2.18. The summed E-state index contributed by atoms with van der Waals surface area (Å²) < 4.78 is 33.7. The molecule has 0 atom stereocenters. The van der Waals surface area contributed by atoms with Crippen molar-refractivity contribution in [2.24, 2.45) is 0 Å². The van der Waals surface area contributed by atoms with E-state index in [1.165, 1.54) is 18.2 Å². The predicted octanol–water partition coefficient (Wildman–Crippen LogP) is 3.78. The molecule has 9 heteroatoms. The van der Waals surface area contributed by atoms with E-state index in [2.05, 4.69) is 31.1 Å². The third kappa shape index (κ3) is 4.79. The maximum absolute atomic E-state index is 12.7. The highest BCUT2D eigenvalue weighted by Crippen LogP contribution is 2.26. The topological polar surface area (TPSA) is 101 Å². The number of aryl methyl sites for hydroxylation is 2. The van der Waals surface area contributed by atoms with Crippen LogP contribution in [0.1, 0.15) is 27.4 Å². The average molecular weight is 464 g/mol. The largest absolute Gasteiger partial charge is 0.359 e. The third-order valence-corrected chi connectivity index (χ3v) is 5.93. The van der Waals surface area contributed by atoms with Gasteiger partial charge in [-0.25, -0.2) is 8.42 Å². The van der Waals surface area contributed by atoms with Gasteiger partial charge in [-0.2, -0.15) is 0 Å². The first kappa shape index (κ1) is 20.1. The number of benzene rings is 2. The number of rotatable bonds is 6. The molecule has 0 saturated carbocycles. The lowest BCUT2D eigenvalue weighted by molar-refractivity contribution is 0.0947. The molecule has 0 radical (unpaired) electrons. The summed E-state index contributed by atoms with van der Waals surface area (Å²) in [6.45, 7) is 3.80. The Bertz CT molecular complexity index is 1130. The van der Waals surface area contributed by atoms with Gasteiger partial charge in [-0.15, -0.1) is 0 Å². The maximum Gasteiger partial charge on any atom is 0.261 e. The molecule has 0 bridgehead atoms. The number of nitrogens with one attached hydrogen (secondary N) is 2. The highest BCUT2D eigenvalue weighted by atomic mass is 79.9. The van der Waals surface area contributed by atoms with Gasteiger partial charge in [0.15, 0.2) is 5.76 Å². The second-order valence-corrected chi connectivity index (χ2v) is 8.77. The van der Waals surface area contributed by atoms with Gasteiger partial charge in [-0.1, -0.05) is 17.3 Å². The van der Waals surface area contributed by atoms with E-state index in [0.717, 1.165) is 5.56 Å². The Morgan fingerprint density at radius 3 is 2.64 bits per heavy atom. The van der Waals surface area contributed by atoms with Crippen molar-refractivity contribution in [1.82, 2.24) is 10.5 Å². The smallest absolute Gasteiger partial charge is 0.261 e. The van der Waals surface area contributed by atoms with Gasteiger partial charge in [-0.05, 0) is 65.7 Å². The number of aromatic nitrogens is 1. The van der Waals surface area contributed by atoms with Gasteiger partial charge in [0.1, 0.15) is 0 Å². The molecule has 3 aromatic rings. The van der Waals surface area contributed by atoms with Crippen LogP contribution in [-0.2, 0) is 16.6 Å². The molecule has 1 amide bonds. The Morgan fingerprint density at radius 1 is 1.14 bits per heavy atom. The minimum absolute atomic E-state index is 0.0101. The minimum Gasteiger partial charge on any atom is -0.359 e. The SMILES string of the molecule is Cc1ccc(Br)c(NS(=O)(=O)c2cccc(C(=O)NCc3cc(C)no3)c2)c1. The van der Waals surface area contributed by atoms with Crippen molar-refractivity contribution in [1.29, 1.82) is 0 Å². The van der Waals surface area contributed by atoms with Crippen molar-refractivity contribution in [2.45, 2.75) is 25.3 Å². The second kappa shape index (κ2) is 8.15. The lowest BCUT2D eigenvalue weighted by Gasteiger charge is -2.11. The molecule has 0 fully saturated rings. The molecule has 7 nitrogen and oxygen atoms in total. The number of sulfonamides is 1. The van der Waals surface area contributed by atoms with Crippen LogP contribution >= 0.6 is 15.9 Å². The lowest BCUT2D eigenvalue weighted by Crippen LogP contribution is -2.23. The van der Waals surface area contributed by atoms with Crippen LogP contribution in [0, 0.1) is 13.8 Å². The summed E-state index contributed by atoms with van der Waals surface area (Å²) >= 11 is 3.33. The molecular formula is C19H18BrN3O4S. The van der Waals surface area contributed by atoms with E-state index < -0.39 is 15.9 Å². The van der Waals surface area contributed by atoms with Crippen LogP contribution in [0.4, 0.5) is 5.69 Å². The molecule has 0 aliphatic rings. The van der Waals surface area contributed by atoms with Gasteiger partial charge >= 0.3 is 0 Å². The molecule has 146 valence electrons. The third-order valence-electron chi connectivity index (χ3n) is 3.87. The first-order valence-corrected chi connectivity index (χ1v) is 10.6. The van der Waals surface area contributed by atoms with Crippen LogP contribution < -0.4 is 10.0 Å². The van der Waals surface area contributed by atoms with Crippen LogP contribution in [0.3, 0.4) is 0 Å². The summed E-state index contributed by atoms with van der Waals surface area (Å²) in [5.41, 5.74) is 2.28. The van der Waals surface area contributed by atoms with E-state index in [1.807, 2.05) is 13.0 Å². The number of hydrogen-bond donors (Lipinski definition) is 2. The molecular weight excluding hydrogens is 446 g/mol. The predicted molar refractivity (Wildman–Crippen MR) is 109 cm³/mol. The number of carbonyl (C=O) groups excluding carboxylic acids is 1. The van der Waals surface area contributed by atoms with Crippen molar-refractivity contribution in [3.63, 3.8) is 0 Å². The number of nitrogens with zero attached hydrogens (tertiary/aromatic N) is 1. The van der Waals surface area contributed by atoms with Crippen molar-refractivity contribution in [3.05, 3.63) is 75.6 Å². The van der Waals surface area contributed by atoms with E-state index >= 15 is 0 Å². The zero-order valence-corrected chi connectivity index (χ0v) is 17.6. The molecule has 0 spiro atoms. The van der Waals surface area contributed by atoms with Crippen molar-refractivity contribution >= 4 is 37.5 Å². The fourth-order valence-electron chi connectivity index (χ4n) is 2.49. The van der Waals surface area contributed by atoms with Crippen molar-refractivity contribution in [2.75, 3.05) is 4.72 Å². The summed E-state index contributed by atoms with van der Waals surface area (Å²) in [5.74, 6) is 0.100. The first-order valence-electron chi connectivity index (χ1n) is 8.34. The van der Waals surface area contributed by atoms with Crippen molar-refractivity contribution < 1.29 is 17.7 Å². The van der Waals surface area contributed by atoms with E-state index in [4.69, 9.17) is 4.52 Å². The summed E-state index contributed by atoms with van der Waals surface area (Å²) in [6.07, 6.45) is 0. The Hall–Kier alpha value is -2.65. The van der Waals surface area contributed by atoms with Crippen LogP contribution in [0.5, 0.6) is 0 Å². The van der Waals surface area contributed by atoms with E-state index in [9.17, 15) is 13.2 Å². The monoisotopic (exact) mass is 463 g/mol. The summed E-state index contributed by atoms with van der Waals surface area (Å²) in [4.78, 5) is 12.4. The number of amides is 1. The molecule has 1 aromatic heterocycles. The minimum atomic E-state index is -3.86. The average Bonchev–Trinajstić information content (AvgIpc) is 3.08. The first-order chi connectivity index (χ1) is 13.2. The molecule has 3 rings (SSSR count). The number of carbonyl (C=O) groups is 1. The maximum atomic E-state index is 12.7. The van der Waals surface area contributed by atoms with Crippen LogP contribution in [0.2, 0.25) is 0 Å². The molecule has 2 N–H and O–H groups in total. The van der Waals surface area contributed by atoms with Gasteiger partial charge in [0.25, 0.3) is 15.9 Å². The molecule has 0 aliphatic carbocycles. The van der Waals surface area contributed by atoms with Gasteiger partial charge in [-0.3, -0.25) is 9.52 Å². The molecule has 1 heterocycles. The van der Waals surface area contributed by atoms with Crippen LogP contribution in [0.15, 0.2) is 62.4 Å². The molecule has 2 aromatic carbocycles. The lowest BCUT2D eigenvalue weighted by atomic mass is 10.2. The van der Waals surface area contributed by atoms with Crippen LogP contribution in [0.25, 0.3) is 0 Å². The Morgan fingerprint density at radius 2 is 1.93 bits per heavy atom. The van der Waals surface area contributed by atoms with Crippen LogP contribution in [-0.4, -0.2) is 19.5 Å². The second-order valence-electron chi connectivity index (χ2n) is 6.23. The molecule has 28 heavy (non-hydrogen) atoms. The Labute approximate surface area is 171 Å². The summed E-state index contributed by atoms with van der Waals surface area (Å²) in [6, 6.07) is 12.9. The van der Waals surface area contributed by atoms with E-state index in [1.54, 1.807) is 31.2 Å². The molecule has 0 saturated heterocycles. The van der Waals surface area contributed by atoms with Crippen molar-refractivity contribution in [3.8, 4) is 0 Å². The van der Waals surface area contributed by atoms with E-state index in [-0.39, 0.29) is 17.0 Å². The summed E-state index contributed by atoms with van der Waals surface area (Å²) in [5, 5.41) is 6.43. The van der Waals surface area contributed by atoms with Gasteiger partial charge in [0, 0.05) is 16.1 Å². The normalized spacial score (nSPS) is 11.2. The summed E-state index contributed by atoms with van der Waals surface area (Å²) in [7, 11) is -3.86. The fourth-order valence-corrected chi connectivity index (χ4v) is 4.09. The zero-order chi connectivity index (χ0) is 20.3. The van der Waals surface area contributed by atoms with Gasteiger partial charge in [0.2, 0.25) is 0 Å². The highest BCUT2D eigenvalue weighted by molar-refractivity contribution is 9.10. The fraction of sp³-hybridized carbons (Fsp3) is 0.158. The molecule has 0 unspecified atom stereocenters. The van der Waals surface area contributed by atoms with E-state index in [0.29, 0.717) is 21.6 Å². The number of halogens is 1. The number of anilines is 1. The molecule has 0 aliphatic heterocycles.